The highest BCUT2D eigenvalue weighted by Gasteiger charge is 1.98. The van der Waals surface area contributed by atoms with Crippen molar-refractivity contribution in [1.29, 1.82) is 0 Å². The van der Waals surface area contributed by atoms with E-state index >= 15 is 0 Å². The van der Waals surface area contributed by atoms with Gasteiger partial charge >= 0.3 is 6.03 Å². The maximum Gasteiger partial charge on any atom is 0.333 e. The molecule has 4 heteroatoms. The fraction of sp³-hybridized carbons (Fsp3) is 0.182. The molecule has 0 spiro atoms. The lowest BCUT2D eigenvalue weighted by molar-refractivity contribution is 0.244. The van der Waals surface area contributed by atoms with Crippen molar-refractivity contribution < 1.29 is 4.79 Å². The minimum absolute atomic E-state index is 0.279. The standard InChI is InChI=1S/C11H15N3O/c1-3-8-12-11(15)14-13-10-7-5-4-6-9(10)2/h3-7,13H,1,8H2,2H3,(H2,12,14,15). The molecule has 15 heavy (non-hydrogen) atoms. The van der Waals surface area contributed by atoms with E-state index in [-0.39, 0.29) is 6.03 Å². The number of benzene rings is 1. The van der Waals surface area contributed by atoms with Crippen molar-refractivity contribution in [2.45, 2.75) is 6.92 Å². The molecule has 0 fully saturated rings. The smallest absolute Gasteiger partial charge is 0.333 e. The Morgan fingerprint density at radius 3 is 2.87 bits per heavy atom. The van der Waals surface area contributed by atoms with Gasteiger partial charge in [0.25, 0.3) is 0 Å². The lowest BCUT2D eigenvalue weighted by atomic mass is 10.2. The monoisotopic (exact) mass is 205 g/mol. The molecule has 0 aliphatic heterocycles. The van der Waals surface area contributed by atoms with Crippen LogP contribution in [0.25, 0.3) is 0 Å². The topological polar surface area (TPSA) is 53.2 Å². The number of aryl methyl sites for hydroxylation is 1. The van der Waals surface area contributed by atoms with Gasteiger partial charge in [-0.1, -0.05) is 24.3 Å². The molecule has 0 radical (unpaired) electrons. The first-order valence-corrected chi connectivity index (χ1v) is 4.70. The van der Waals surface area contributed by atoms with E-state index in [1.165, 1.54) is 0 Å². The summed E-state index contributed by atoms with van der Waals surface area (Å²) in [7, 11) is 0. The van der Waals surface area contributed by atoms with Gasteiger partial charge in [-0.3, -0.25) is 10.9 Å². The third kappa shape index (κ3) is 3.72. The van der Waals surface area contributed by atoms with E-state index in [2.05, 4.69) is 22.7 Å². The number of hydrogen-bond acceptors (Lipinski definition) is 2. The Bertz CT molecular complexity index is 349. The summed E-state index contributed by atoms with van der Waals surface area (Å²) in [6.45, 7) is 5.91. The molecule has 0 saturated heterocycles. The van der Waals surface area contributed by atoms with Crippen LogP contribution in [0.2, 0.25) is 0 Å². The van der Waals surface area contributed by atoms with Gasteiger partial charge in [0.15, 0.2) is 0 Å². The molecule has 0 heterocycles. The van der Waals surface area contributed by atoms with Crippen molar-refractivity contribution in [2.75, 3.05) is 12.0 Å². The van der Waals surface area contributed by atoms with Crippen molar-refractivity contribution in [1.82, 2.24) is 10.7 Å². The quantitative estimate of drug-likeness (QED) is 0.518. The maximum absolute atomic E-state index is 11.2. The van der Waals surface area contributed by atoms with Gasteiger partial charge in [0, 0.05) is 6.54 Å². The second kappa shape index (κ2) is 5.70. The first-order valence-electron chi connectivity index (χ1n) is 4.70. The molecule has 1 aromatic carbocycles. The van der Waals surface area contributed by atoms with E-state index in [0.29, 0.717) is 6.54 Å². The number of nitrogens with one attached hydrogen (secondary N) is 3. The Balaban J connectivity index is 2.40. The minimum Gasteiger partial charge on any atom is -0.333 e. The summed E-state index contributed by atoms with van der Waals surface area (Å²) >= 11 is 0. The average molecular weight is 205 g/mol. The van der Waals surface area contributed by atoms with Crippen molar-refractivity contribution in [3.8, 4) is 0 Å². The number of carbonyl (C=O) groups is 1. The van der Waals surface area contributed by atoms with Crippen LogP contribution in [-0.2, 0) is 0 Å². The summed E-state index contributed by atoms with van der Waals surface area (Å²) in [5, 5.41) is 2.59. The summed E-state index contributed by atoms with van der Waals surface area (Å²) in [6, 6.07) is 7.42. The van der Waals surface area contributed by atoms with Gasteiger partial charge in [-0.15, -0.1) is 6.58 Å². The molecule has 0 aromatic heterocycles. The van der Waals surface area contributed by atoms with Gasteiger partial charge in [-0.05, 0) is 18.6 Å². The Morgan fingerprint density at radius 2 is 2.20 bits per heavy atom. The number of anilines is 1. The zero-order valence-electron chi connectivity index (χ0n) is 8.71. The van der Waals surface area contributed by atoms with Gasteiger partial charge in [0.1, 0.15) is 0 Å². The van der Waals surface area contributed by atoms with Crippen LogP contribution in [0.3, 0.4) is 0 Å². The third-order valence-corrected chi connectivity index (χ3v) is 1.86. The highest BCUT2D eigenvalue weighted by molar-refractivity contribution is 5.75. The molecule has 0 aliphatic carbocycles. The predicted octanol–water partition coefficient (Wildman–Crippen LogP) is 1.81. The number of hydrogen-bond donors (Lipinski definition) is 3. The highest BCUT2D eigenvalue weighted by atomic mass is 16.2. The molecule has 80 valence electrons. The van der Waals surface area contributed by atoms with Crippen LogP contribution >= 0.6 is 0 Å². The second-order valence-corrected chi connectivity index (χ2v) is 3.06. The van der Waals surface area contributed by atoms with Crippen molar-refractivity contribution >= 4 is 11.7 Å². The van der Waals surface area contributed by atoms with E-state index in [9.17, 15) is 4.79 Å². The number of hydrazine groups is 1. The molecular formula is C11H15N3O. The van der Waals surface area contributed by atoms with Crippen LogP contribution in [0.5, 0.6) is 0 Å². The molecule has 1 rings (SSSR count). The fourth-order valence-corrected chi connectivity index (χ4v) is 1.05. The largest absolute Gasteiger partial charge is 0.333 e. The molecule has 0 unspecified atom stereocenters. The summed E-state index contributed by atoms with van der Waals surface area (Å²) in [6.07, 6.45) is 1.62. The molecule has 3 N–H and O–H groups in total. The Labute approximate surface area is 89.3 Å². The molecule has 2 amide bonds. The van der Waals surface area contributed by atoms with Crippen molar-refractivity contribution in [3.63, 3.8) is 0 Å². The summed E-state index contributed by atoms with van der Waals surface area (Å²) in [5.74, 6) is 0. The predicted molar refractivity (Wildman–Crippen MR) is 61.5 cm³/mol. The normalized spacial score (nSPS) is 9.13. The Morgan fingerprint density at radius 1 is 1.47 bits per heavy atom. The zero-order valence-corrected chi connectivity index (χ0v) is 8.71. The Kier molecular flexibility index (Phi) is 4.22. The van der Waals surface area contributed by atoms with E-state index in [0.717, 1.165) is 11.3 Å². The van der Waals surface area contributed by atoms with Crippen LogP contribution in [0.15, 0.2) is 36.9 Å². The number of para-hydroxylation sites is 1. The van der Waals surface area contributed by atoms with Gasteiger partial charge in [0.2, 0.25) is 0 Å². The number of urea groups is 1. The SMILES string of the molecule is C=CCNC(=O)NNc1ccccc1C. The highest BCUT2D eigenvalue weighted by Crippen LogP contribution is 2.11. The summed E-state index contributed by atoms with van der Waals surface area (Å²) in [4.78, 5) is 11.2. The lowest BCUT2D eigenvalue weighted by Gasteiger charge is -2.10. The molecule has 0 aliphatic rings. The van der Waals surface area contributed by atoms with Gasteiger partial charge in [0.05, 0.1) is 5.69 Å². The van der Waals surface area contributed by atoms with E-state index < -0.39 is 0 Å². The van der Waals surface area contributed by atoms with E-state index in [1.54, 1.807) is 6.08 Å². The Hall–Kier alpha value is -1.97. The third-order valence-electron chi connectivity index (χ3n) is 1.86. The van der Waals surface area contributed by atoms with E-state index in [4.69, 9.17) is 0 Å². The van der Waals surface area contributed by atoms with Crippen molar-refractivity contribution in [2.24, 2.45) is 0 Å². The summed E-state index contributed by atoms with van der Waals surface area (Å²) in [5.41, 5.74) is 7.30. The van der Waals surface area contributed by atoms with Crippen LogP contribution in [-0.4, -0.2) is 12.6 Å². The molecule has 4 nitrogen and oxygen atoms in total. The van der Waals surface area contributed by atoms with Crippen LogP contribution in [0.4, 0.5) is 10.5 Å². The average Bonchev–Trinajstić information content (AvgIpc) is 2.25. The maximum atomic E-state index is 11.2. The van der Waals surface area contributed by atoms with Gasteiger partial charge < -0.3 is 5.32 Å². The van der Waals surface area contributed by atoms with Gasteiger partial charge in [-0.25, -0.2) is 4.79 Å². The summed E-state index contributed by atoms with van der Waals surface area (Å²) < 4.78 is 0. The first-order chi connectivity index (χ1) is 7.24. The van der Waals surface area contributed by atoms with Crippen LogP contribution in [0.1, 0.15) is 5.56 Å². The molecule has 0 atom stereocenters. The zero-order chi connectivity index (χ0) is 11.1. The second-order valence-electron chi connectivity index (χ2n) is 3.06. The fourth-order valence-electron chi connectivity index (χ4n) is 1.05. The molecular weight excluding hydrogens is 190 g/mol. The first kappa shape index (κ1) is 11.1. The molecule has 0 saturated carbocycles. The number of carbonyl (C=O) groups excluding carboxylic acids is 1. The van der Waals surface area contributed by atoms with Crippen molar-refractivity contribution in [3.05, 3.63) is 42.5 Å². The van der Waals surface area contributed by atoms with Gasteiger partial charge in [-0.2, -0.15) is 0 Å². The van der Waals surface area contributed by atoms with E-state index in [1.807, 2.05) is 31.2 Å². The number of rotatable bonds is 4. The molecule has 1 aromatic rings. The van der Waals surface area contributed by atoms with Crippen LogP contribution in [0, 0.1) is 6.92 Å². The minimum atomic E-state index is -0.279. The van der Waals surface area contributed by atoms with Crippen LogP contribution < -0.4 is 16.2 Å². The number of amides is 2. The molecule has 0 bridgehead atoms. The lowest BCUT2D eigenvalue weighted by Crippen LogP contribution is -2.39.